The quantitative estimate of drug-likeness (QED) is 0.530. The smallest absolute Gasteiger partial charge is 0.174 e. The summed E-state index contributed by atoms with van der Waals surface area (Å²) >= 11 is 1.47. The van der Waals surface area contributed by atoms with E-state index in [0.717, 1.165) is 57.7 Å². The van der Waals surface area contributed by atoms with E-state index in [0.29, 0.717) is 6.42 Å². The number of aromatic nitrogens is 2. The van der Waals surface area contributed by atoms with Gasteiger partial charge in [0.15, 0.2) is 16.0 Å². The van der Waals surface area contributed by atoms with Crippen molar-refractivity contribution in [2.24, 2.45) is 5.92 Å². The highest BCUT2D eigenvalue weighted by molar-refractivity contribution is 7.99. The lowest BCUT2D eigenvalue weighted by atomic mass is 9.74. The third kappa shape index (κ3) is 2.90. The third-order valence-electron chi connectivity index (χ3n) is 6.02. The van der Waals surface area contributed by atoms with Crippen molar-refractivity contribution in [3.05, 3.63) is 53.4 Å². The SMILES string of the molecule is O=C1CCCC2=C1C(c1ccc(Sc3nc4ccccc4[nH]3)o1)C1CNNC1N2. The summed E-state index contributed by atoms with van der Waals surface area (Å²) in [5, 5.41) is 5.11. The van der Waals surface area contributed by atoms with E-state index in [9.17, 15) is 4.79 Å². The van der Waals surface area contributed by atoms with Gasteiger partial charge < -0.3 is 14.7 Å². The molecule has 29 heavy (non-hydrogen) atoms. The van der Waals surface area contributed by atoms with Crippen molar-refractivity contribution in [2.45, 2.75) is 41.6 Å². The number of allylic oxidation sites excluding steroid dienone is 2. The van der Waals surface area contributed by atoms with Gasteiger partial charge in [0.25, 0.3) is 0 Å². The van der Waals surface area contributed by atoms with E-state index in [-0.39, 0.29) is 23.8 Å². The van der Waals surface area contributed by atoms with Gasteiger partial charge in [0.2, 0.25) is 0 Å². The van der Waals surface area contributed by atoms with Gasteiger partial charge in [0, 0.05) is 30.2 Å². The number of furan rings is 1. The zero-order valence-electron chi connectivity index (χ0n) is 15.7. The molecule has 0 spiro atoms. The number of carbonyl (C=O) groups excluding carboxylic acids is 1. The topological polar surface area (TPSA) is 95.0 Å². The Labute approximate surface area is 171 Å². The van der Waals surface area contributed by atoms with Gasteiger partial charge >= 0.3 is 0 Å². The maximum atomic E-state index is 12.8. The van der Waals surface area contributed by atoms with Crippen LogP contribution in [0.4, 0.5) is 0 Å². The van der Waals surface area contributed by atoms with Gasteiger partial charge in [-0.1, -0.05) is 12.1 Å². The Morgan fingerprint density at radius 2 is 2.07 bits per heavy atom. The number of carbonyl (C=O) groups is 1. The summed E-state index contributed by atoms with van der Waals surface area (Å²) in [5.41, 5.74) is 10.5. The number of hydrazine groups is 1. The molecule has 4 heterocycles. The number of fused-ring (bicyclic) bond motifs is 2. The van der Waals surface area contributed by atoms with E-state index in [4.69, 9.17) is 4.42 Å². The van der Waals surface area contributed by atoms with Crippen LogP contribution >= 0.6 is 11.8 Å². The molecule has 148 valence electrons. The molecular formula is C21H21N5O2S. The van der Waals surface area contributed by atoms with Crippen LogP contribution in [0.3, 0.4) is 0 Å². The largest absolute Gasteiger partial charge is 0.454 e. The van der Waals surface area contributed by atoms with Gasteiger partial charge in [-0.2, -0.15) is 0 Å². The first kappa shape index (κ1) is 17.3. The molecule has 0 bridgehead atoms. The fourth-order valence-electron chi connectivity index (χ4n) is 4.72. The first-order valence-electron chi connectivity index (χ1n) is 10.00. The number of benzene rings is 1. The number of hydrogen-bond donors (Lipinski definition) is 4. The Morgan fingerprint density at radius 1 is 1.14 bits per heavy atom. The third-order valence-corrected chi connectivity index (χ3v) is 6.83. The molecule has 1 fully saturated rings. The number of rotatable bonds is 3. The molecule has 3 unspecified atom stereocenters. The second-order valence-corrected chi connectivity index (χ2v) is 8.77. The second kappa shape index (κ2) is 6.76. The summed E-state index contributed by atoms with van der Waals surface area (Å²) in [6.07, 6.45) is 2.56. The summed E-state index contributed by atoms with van der Waals surface area (Å²) in [5.74, 6) is 1.30. The number of imidazole rings is 1. The predicted octanol–water partition coefficient (Wildman–Crippen LogP) is 3.05. The highest BCUT2D eigenvalue weighted by atomic mass is 32.2. The normalized spacial score (nSPS) is 26.5. The molecule has 3 aliphatic rings. The van der Waals surface area contributed by atoms with E-state index in [1.54, 1.807) is 0 Å². The van der Waals surface area contributed by atoms with Crippen LogP contribution < -0.4 is 16.2 Å². The van der Waals surface area contributed by atoms with Crippen LogP contribution in [0.15, 0.2) is 62.3 Å². The molecule has 3 aromatic rings. The highest BCUT2D eigenvalue weighted by Crippen LogP contribution is 2.44. The molecule has 8 heteroatoms. The van der Waals surface area contributed by atoms with Crippen molar-refractivity contribution in [3.8, 4) is 0 Å². The van der Waals surface area contributed by atoms with Gasteiger partial charge in [-0.3, -0.25) is 10.2 Å². The van der Waals surface area contributed by atoms with Crippen LogP contribution in [-0.2, 0) is 4.79 Å². The van der Waals surface area contributed by atoms with E-state index in [1.807, 2.05) is 36.4 Å². The maximum absolute atomic E-state index is 12.8. The van der Waals surface area contributed by atoms with Crippen LogP contribution in [0.5, 0.6) is 0 Å². The van der Waals surface area contributed by atoms with Gasteiger partial charge in [0.05, 0.1) is 23.1 Å². The Morgan fingerprint density at radius 3 is 3.00 bits per heavy atom. The zero-order chi connectivity index (χ0) is 19.4. The lowest BCUT2D eigenvalue weighted by molar-refractivity contribution is -0.116. The fraction of sp³-hybridized carbons (Fsp3) is 0.333. The molecule has 7 nitrogen and oxygen atoms in total. The van der Waals surface area contributed by atoms with Crippen LogP contribution in [-0.4, -0.2) is 28.5 Å². The van der Waals surface area contributed by atoms with Crippen LogP contribution in [0.25, 0.3) is 11.0 Å². The molecule has 1 aromatic carbocycles. The minimum Gasteiger partial charge on any atom is -0.454 e. The van der Waals surface area contributed by atoms with Gasteiger partial charge in [-0.05, 0) is 48.9 Å². The van der Waals surface area contributed by atoms with E-state index < -0.39 is 0 Å². The van der Waals surface area contributed by atoms with Crippen LogP contribution in [0.1, 0.15) is 30.9 Å². The number of ketones is 1. The molecule has 4 N–H and O–H groups in total. The highest BCUT2D eigenvalue weighted by Gasteiger charge is 2.45. The lowest BCUT2D eigenvalue weighted by Crippen LogP contribution is -2.50. The van der Waals surface area contributed by atoms with Gasteiger partial charge in [-0.15, -0.1) is 0 Å². The standard InChI is InChI=1S/C21H21N5O2S/c27-15-7-3-6-14-19(15)18(11-10-22-26-20(11)23-14)16-8-9-17(28-16)29-21-24-12-4-1-2-5-13(12)25-21/h1-2,4-5,8-9,11,18,20,22-23,26H,3,6-7,10H2,(H,24,25). The van der Waals surface area contributed by atoms with Crippen molar-refractivity contribution in [2.75, 3.05) is 6.54 Å². The minimum absolute atomic E-state index is 0.0310. The van der Waals surface area contributed by atoms with E-state index in [2.05, 4.69) is 26.1 Å². The van der Waals surface area contributed by atoms with Crippen molar-refractivity contribution < 1.29 is 9.21 Å². The Kier molecular flexibility index (Phi) is 4.04. The summed E-state index contributed by atoms with van der Waals surface area (Å²) in [6, 6.07) is 12.0. The summed E-state index contributed by atoms with van der Waals surface area (Å²) in [7, 11) is 0. The molecule has 0 amide bonds. The molecular weight excluding hydrogens is 386 g/mol. The number of nitrogens with zero attached hydrogens (tertiary/aromatic N) is 1. The Balaban J connectivity index is 1.34. The van der Waals surface area contributed by atoms with E-state index in [1.165, 1.54) is 11.8 Å². The molecule has 1 saturated heterocycles. The Bertz CT molecular complexity index is 1100. The van der Waals surface area contributed by atoms with Crippen molar-refractivity contribution in [1.29, 1.82) is 0 Å². The number of H-pyrrole nitrogens is 1. The Hall–Kier alpha value is -2.55. The minimum atomic E-state index is -0.0310. The van der Waals surface area contributed by atoms with Gasteiger partial charge in [0.1, 0.15) is 5.76 Å². The molecule has 2 aliphatic heterocycles. The average molecular weight is 407 g/mol. The molecule has 0 radical (unpaired) electrons. The summed E-state index contributed by atoms with van der Waals surface area (Å²) in [6.45, 7) is 0.791. The monoisotopic (exact) mass is 407 g/mol. The molecule has 0 saturated carbocycles. The van der Waals surface area contributed by atoms with Crippen molar-refractivity contribution >= 4 is 28.6 Å². The summed E-state index contributed by atoms with van der Waals surface area (Å²) < 4.78 is 6.26. The first-order chi connectivity index (χ1) is 14.3. The predicted molar refractivity (Wildman–Crippen MR) is 109 cm³/mol. The van der Waals surface area contributed by atoms with Crippen molar-refractivity contribution in [1.82, 2.24) is 26.1 Å². The number of hydrogen-bond acceptors (Lipinski definition) is 7. The molecule has 1 aliphatic carbocycles. The van der Waals surface area contributed by atoms with Crippen molar-refractivity contribution in [3.63, 3.8) is 0 Å². The number of aromatic amines is 1. The van der Waals surface area contributed by atoms with E-state index >= 15 is 0 Å². The molecule has 3 atom stereocenters. The number of para-hydroxylation sites is 2. The summed E-state index contributed by atoms with van der Waals surface area (Å²) in [4.78, 5) is 20.7. The maximum Gasteiger partial charge on any atom is 0.174 e. The fourth-order valence-corrected chi connectivity index (χ4v) is 5.49. The lowest BCUT2D eigenvalue weighted by Gasteiger charge is -2.38. The molecule has 2 aromatic heterocycles. The second-order valence-electron chi connectivity index (χ2n) is 7.78. The average Bonchev–Trinajstić information content (AvgIpc) is 3.45. The zero-order valence-corrected chi connectivity index (χ0v) is 16.5. The van der Waals surface area contributed by atoms with Crippen LogP contribution in [0, 0.1) is 5.92 Å². The number of Topliss-reactive ketones (excluding diaryl/α,β-unsaturated/α-hetero) is 1. The first-order valence-corrected chi connectivity index (χ1v) is 10.8. The van der Waals surface area contributed by atoms with Crippen LogP contribution in [0.2, 0.25) is 0 Å². The van der Waals surface area contributed by atoms with Gasteiger partial charge in [-0.25, -0.2) is 10.4 Å². The molecule has 6 rings (SSSR count). The number of nitrogens with one attached hydrogen (secondary N) is 4.